The van der Waals surface area contributed by atoms with Crippen molar-refractivity contribution in [1.29, 1.82) is 0 Å². The zero-order valence-corrected chi connectivity index (χ0v) is 16.7. The average molecular weight is 422 g/mol. The van der Waals surface area contributed by atoms with E-state index in [1.165, 1.54) is 0 Å². The molecule has 28 heavy (non-hydrogen) atoms. The lowest BCUT2D eigenvalue weighted by Gasteiger charge is -2.49. The Morgan fingerprint density at radius 2 is 1.93 bits per heavy atom. The van der Waals surface area contributed by atoms with Crippen molar-refractivity contribution in [1.82, 2.24) is 15.0 Å². The van der Waals surface area contributed by atoms with Gasteiger partial charge in [0.05, 0.1) is 11.7 Å². The standard InChI is InChI=1S/C19H20ClN3O4S/c20-14-5-3-13(4-6-14)17-21-18(27-22-17)15-7-8-28(25,26)19(15)10-23(11-19)16(24)9-12-1-2-12/h3-6,12,15H,1-2,7-11H2. The van der Waals surface area contributed by atoms with Crippen molar-refractivity contribution in [2.24, 2.45) is 5.92 Å². The first-order valence-electron chi connectivity index (χ1n) is 9.48. The van der Waals surface area contributed by atoms with Crippen molar-refractivity contribution < 1.29 is 17.7 Å². The Balaban J connectivity index is 1.39. The molecule has 0 N–H and O–H groups in total. The molecule has 7 nitrogen and oxygen atoms in total. The number of hydrogen-bond donors (Lipinski definition) is 0. The first-order chi connectivity index (χ1) is 13.4. The van der Waals surface area contributed by atoms with E-state index in [1.807, 2.05) is 0 Å². The average Bonchev–Trinajstić information content (AvgIpc) is 3.20. The van der Waals surface area contributed by atoms with E-state index < -0.39 is 14.6 Å². The second-order valence-electron chi connectivity index (χ2n) is 8.09. The van der Waals surface area contributed by atoms with Crippen molar-refractivity contribution >= 4 is 27.3 Å². The van der Waals surface area contributed by atoms with Gasteiger partial charge in [-0.15, -0.1) is 0 Å². The number of benzene rings is 1. The minimum Gasteiger partial charge on any atom is -0.339 e. The lowest BCUT2D eigenvalue weighted by atomic mass is 9.82. The monoisotopic (exact) mass is 421 g/mol. The fourth-order valence-electron chi connectivity index (χ4n) is 4.29. The van der Waals surface area contributed by atoms with E-state index in [1.54, 1.807) is 29.2 Å². The first kappa shape index (κ1) is 18.1. The maximum atomic E-state index is 12.8. The van der Waals surface area contributed by atoms with Crippen molar-refractivity contribution in [2.45, 2.75) is 36.3 Å². The molecule has 1 aromatic carbocycles. The molecule has 1 aliphatic carbocycles. The van der Waals surface area contributed by atoms with Gasteiger partial charge in [-0.3, -0.25) is 4.79 Å². The fraction of sp³-hybridized carbons (Fsp3) is 0.526. The van der Waals surface area contributed by atoms with E-state index >= 15 is 0 Å². The molecule has 9 heteroatoms. The van der Waals surface area contributed by atoms with Gasteiger partial charge >= 0.3 is 0 Å². The Labute approximate surface area is 168 Å². The summed E-state index contributed by atoms with van der Waals surface area (Å²) in [7, 11) is -3.33. The number of carbonyl (C=O) groups excluding carboxylic acids is 1. The first-order valence-corrected chi connectivity index (χ1v) is 11.5. The topological polar surface area (TPSA) is 93.4 Å². The second kappa shape index (κ2) is 6.29. The molecule has 1 unspecified atom stereocenters. The molecule has 0 radical (unpaired) electrons. The normalized spacial score (nSPS) is 25.0. The molecule has 2 aromatic rings. The molecular weight excluding hydrogens is 402 g/mol. The van der Waals surface area contributed by atoms with Gasteiger partial charge in [-0.1, -0.05) is 16.8 Å². The molecule has 3 aliphatic rings. The number of rotatable bonds is 4. The number of nitrogens with zero attached hydrogens (tertiary/aromatic N) is 3. The molecular formula is C19H20ClN3O4S. The zero-order chi connectivity index (χ0) is 19.5. The lowest BCUT2D eigenvalue weighted by Crippen LogP contribution is -2.67. The SMILES string of the molecule is O=C(CC1CC1)N1CC2(C1)C(c1nc(-c3ccc(Cl)cc3)no1)CCS2(=O)=O. The third-order valence-corrected chi connectivity index (χ3v) is 9.01. The maximum Gasteiger partial charge on any atom is 0.231 e. The molecule has 3 heterocycles. The van der Waals surface area contributed by atoms with Crippen molar-refractivity contribution in [2.75, 3.05) is 18.8 Å². The highest BCUT2D eigenvalue weighted by Crippen LogP contribution is 2.50. The quantitative estimate of drug-likeness (QED) is 0.753. The van der Waals surface area contributed by atoms with Gasteiger partial charge in [0, 0.05) is 30.1 Å². The Morgan fingerprint density at radius 3 is 2.61 bits per heavy atom. The van der Waals surface area contributed by atoms with Crippen LogP contribution in [-0.4, -0.2) is 53.0 Å². The summed E-state index contributed by atoms with van der Waals surface area (Å²) in [6, 6.07) is 7.06. The van der Waals surface area contributed by atoms with Crippen LogP contribution in [0.1, 0.15) is 37.5 Å². The van der Waals surface area contributed by atoms with Gasteiger partial charge in [0.1, 0.15) is 4.75 Å². The van der Waals surface area contributed by atoms with Crippen LogP contribution in [0, 0.1) is 5.92 Å². The molecule has 5 rings (SSSR count). The van der Waals surface area contributed by atoms with E-state index in [9.17, 15) is 13.2 Å². The van der Waals surface area contributed by atoms with Crippen molar-refractivity contribution in [3.63, 3.8) is 0 Å². The van der Waals surface area contributed by atoms with Crippen LogP contribution in [-0.2, 0) is 14.6 Å². The highest BCUT2D eigenvalue weighted by Gasteiger charge is 2.64. The summed E-state index contributed by atoms with van der Waals surface area (Å²) in [4.78, 5) is 18.5. The van der Waals surface area contributed by atoms with Crippen LogP contribution in [0.2, 0.25) is 5.02 Å². The fourth-order valence-corrected chi connectivity index (χ4v) is 6.72. The van der Waals surface area contributed by atoms with Crippen LogP contribution in [0.5, 0.6) is 0 Å². The van der Waals surface area contributed by atoms with E-state index in [4.69, 9.17) is 16.1 Å². The smallest absolute Gasteiger partial charge is 0.231 e. The van der Waals surface area contributed by atoms with Crippen LogP contribution in [0.4, 0.5) is 0 Å². The van der Waals surface area contributed by atoms with Crippen molar-refractivity contribution in [3.05, 3.63) is 35.2 Å². The van der Waals surface area contributed by atoms with Gasteiger partial charge in [-0.25, -0.2) is 8.42 Å². The van der Waals surface area contributed by atoms with E-state index in [-0.39, 0.29) is 30.7 Å². The Bertz CT molecular complexity index is 1020. The molecule has 1 spiro atoms. The van der Waals surface area contributed by atoms with Crippen molar-refractivity contribution in [3.8, 4) is 11.4 Å². The molecule has 1 amide bonds. The lowest BCUT2D eigenvalue weighted by molar-refractivity contribution is -0.137. The summed E-state index contributed by atoms with van der Waals surface area (Å²) >= 11 is 5.91. The van der Waals surface area contributed by atoms with Crippen LogP contribution in [0.3, 0.4) is 0 Å². The van der Waals surface area contributed by atoms with Gasteiger partial charge < -0.3 is 9.42 Å². The van der Waals surface area contributed by atoms with Gasteiger partial charge in [0.25, 0.3) is 0 Å². The van der Waals surface area contributed by atoms with Crippen LogP contribution in [0.25, 0.3) is 11.4 Å². The molecule has 1 atom stereocenters. The number of amides is 1. The van der Waals surface area contributed by atoms with Crippen LogP contribution < -0.4 is 0 Å². The summed E-state index contributed by atoms with van der Waals surface area (Å²) in [6.07, 6.45) is 3.17. The maximum absolute atomic E-state index is 12.8. The van der Waals surface area contributed by atoms with Gasteiger partial charge in [0.2, 0.25) is 17.6 Å². The number of aromatic nitrogens is 2. The Kier molecular flexibility index (Phi) is 4.07. The summed E-state index contributed by atoms with van der Waals surface area (Å²) in [5.41, 5.74) is 0.754. The zero-order valence-electron chi connectivity index (χ0n) is 15.2. The molecule has 2 aliphatic heterocycles. The van der Waals surface area contributed by atoms with Gasteiger partial charge in [0.15, 0.2) is 9.84 Å². The Morgan fingerprint density at radius 1 is 1.21 bits per heavy atom. The van der Waals surface area contributed by atoms with Gasteiger partial charge in [-0.05, 0) is 49.4 Å². The minimum absolute atomic E-state index is 0.0568. The van der Waals surface area contributed by atoms with E-state index in [2.05, 4.69) is 10.1 Å². The predicted octanol–water partition coefficient (Wildman–Crippen LogP) is 2.67. The summed E-state index contributed by atoms with van der Waals surface area (Å²) in [5.74, 6) is 0.990. The summed E-state index contributed by atoms with van der Waals surface area (Å²) in [6.45, 7) is 0.453. The Hall–Kier alpha value is -1.93. The number of sulfone groups is 1. The molecule has 1 saturated carbocycles. The third-order valence-electron chi connectivity index (χ3n) is 6.20. The number of halogens is 1. The minimum atomic E-state index is -3.33. The number of hydrogen-bond acceptors (Lipinski definition) is 6. The highest BCUT2D eigenvalue weighted by molar-refractivity contribution is 7.93. The number of carbonyl (C=O) groups is 1. The molecule has 1 aromatic heterocycles. The second-order valence-corrected chi connectivity index (χ2v) is 11.0. The van der Waals surface area contributed by atoms with E-state index in [0.717, 1.165) is 18.4 Å². The van der Waals surface area contributed by atoms with Gasteiger partial charge in [-0.2, -0.15) is 4.98 Å². The molecule has 2 saturated heterocycles. The third kappa shape index (κ3) is 2.85. The summed E-state index contributed by atoms with van der Waals surface area (Å²) in [5, 5.41) is 4.64. The van der Waals surface area contributed by atoms with Crippen LogP contribution >= 0.6 is 11.6 Å². The molecule has 148 valence electrons. The number of likely N-dealkylation sites (tertiary alicyclic amines) is 1. The summed E-state index contributed by atoms with van der Waals surface area (Å²) < 4.78 is 30.1. The molecule has 0 bridgehead atoms. The molecule has 3 fully saturated rings. The van der Waals surface area contributed by atoms with Crippen LogP contribution in [0.15, 0.2) is 28.8 Å². The predicted molar refractivity (Wildman–Crippen MR) is 103 cm³/mol. The highest BCUT2D eigenvalue weighted by atomic mass is 35.5. The van der Waals surface area contributed by atoms with E-state index in [0.29, 0.717) is 35.5 Å². The largest absolute Gasteiger partial charge is 0.339 e.